The summed E-state index contributed by atoms with van der Waals surface area (Å²) in [5, 5.41) is 4.91. The van der Waals surface area contributed by atoms with Crippen LogP contribution in [0.15, 0.2) is 188 Å². The van der Waals surface area contributed by atoms with Gasteiger partial charge >= 0.3 is 0 Å². The molecule has 0 aliphatic carbocycles. The summed E-state index contributed by atoms with van der Waals surface area (Å²) in [4.78, 5) is 10.4. The maximum absolute atomic E-state index is 5.22. The number of aryl methyl sites for hydroxylation is 2. The molecule has 10 aromatic rings. The van der Waals surface area contributed by atoms with Crippen LogP contribution in [0.25, 0.3) is 94.4 Å². The van der Waals surface area contributed by atoms with Crippen LogP contribution in [0.5, 0.6) is 0 Å². The van der Waals surface area contributed by atoms with Crippen molar-refractivity contribution in [3.8, 4) is 61.8 Å². The van der Waals surface area contributed by atoms with Crippen molar-refractivity contribution in [1.29, 1.82) is 0 Å². The van der Waals surface area contributed by atoms with Gasteiger partial charge in [0.25, 0.3) is 0 Å². The number of hydrogen-bond acceptors (Lipinski definition) is 2. The highest BCUT2D eigenvalue weighted by Gasteiger charge is 2.17. The molecule has 0 radical (unpaired) electrons. The molecule has 3 heteroatoms. The first-order chi connectivity index (χ1) is 27.1. The second-order valence-corrected chi connectivity index (χ2v) is 14.4. The van der Waals surface area contributed by atoms with Gasteiger partial charge in [0.2, 0.25) is 0 Å². The molecule has 2 heterocycles. The van der Waals surface area contributed by atoms with Gasteiger partial charge in [0.1, 0.15) is 0 Å². The van der Waals surface area contributed by atoms with Gasteiger partial charge in [0.05, 0.1) is 22.4 Å². The molecule has 2 aromatic heterocycles. The average Bonchev–Trinajstić information content (AvgIpc) is 3.56. The molecule has 0 spiro atoms. The van der Waals surface area contributed by atoms with E-state index in [1.54, 1.807) is 0 Å². The van der Waals surface area contributed by atoms with Crippen molar-refractivity contribution >= 4 is 32.6 Å². The van der Waals surface area contributed by atoms with Crippen molar-refractivity contribution in [2.75, 3.05) is 0 Å². The lowest BCUT2D eigenvalue weighted by atomic mass is 9.93. The number of hydrogen-bond donors (Lipinski definition) is 0. The number of rotatable bonds is 6. The van der Waals surface area contributed by atoms with Gasteiger partial charge in [-0.25, -0.2) is 9.97 Å². The fraction of sp³-hybridized carbons (Fsp3) is 0.0385. The molecule has 0 N–H and O–H groups in total. The average molecular weight is 704 g/mol. The fourth-order valence-corrected chi connectivity index (χ4v) is 8.03. The zero-order chi connectivity index (χ0) is 36.9. The van der Waals surface area contributed by atoms with Gasteiger partial charge in [-0.1, -0.05) is 151 Å². The van der Waals surface area contributed by atoms with E-state index in [-0.39, 0.29) is 0 Å². The highest BCUT2D eigenvalue weighted by Crippen LogP contribution is 2.39. The van der Waals surface area contributed by atoms with Gasteiger partial charge < -0.3 is 4.57 Å². The van der Waals surface area contributed by atoms with Crippen LogP contribution in [0.3, 0.4) is 0 Å². The predicted octanol–water partition coefficient (Wildman–Crippen LogP) is 13.7. The molecular weight excluding hydrogens is 667 g/mol. The van der Waals surface area contributed by atoms with Crippen LogP contribution in [0.2, 0.25) is 0 Å². The summed E-state index contributed by atoms with van der Waals surface area (Å²) in [5.74, 6) is 0.706. The number of benzene rings is 8. The molecule has 10 rings (SSSR count). The first-order valence-corrected chi connectivity index (χ1v) is 18.8. The maximum Gasteiger partial charge on any atom is 0.160 e. The molecule has 0 bridgehead atoms. The number of aromatic nitrogens is 3. The third-order valence-corrected chi connectivity index (χ3v) is 10.7. The summed E-state index contributed by atoms with van der Waals surface area (Å²) >= 11 is 0. The van der Waals surface area contributed by atoms with E-state index in [1.165, 1.54) is 55.0 Å². The first-order valence-electron chi connectivity index (χ1n) is 18.8. The molecule has 8 aromatic carbocycles. The summed E-state index contributed by atoms with van der Waals surface area (Å²) in [6.07, 6.45) is 0. The smallest absolute Gasteiger partial charge is 0.160 e. The quantitative estimate of drug-likeness (QED) is 0.173. The van der Waals surface area contributed by atoms with Crippen molar-refractivity contribution < 1.29 is 0 Å². The lowest BCUT2D eigenvalue weighted by Crippen LogP contribution is -1.97. The summed E-state index contributed by atoms with van der Waals surface area (Å²) in [6, 6.07) is 67.2. The van der Waals surface area contributed by atoms with Crippen LogP contribution in [0, 0.1) is 13.8 Å². The van der Waals surface area contributed by atoms with Crippen LogP contribution >= 0.6 is 0 Å². The summed E-state index contributed by atoms with van der Waals surface area (Å²) < 4.78 is 2.39. The number of nitrogens with zero attached hydrogens (tertiary/aromatic N) is 3. The van der Waals surface area contributed by atoms with Crippen molar-refractivity contribution in [3.05, 3.63) is 199 Å². The van der Waals surface area contributed by atoms with E-state index in [0.717, 1.165) is 44.7 Å². The van der Waals surface area contributed by atoms with Crippen LogP contribution < -0.4 is 0 Å². The Morgan fingerprint density at radius 2 is 0.891 bits per heavy atom. The first kappa shape index (κ1) is 32.5. The molecule has 0 amide bonds. The summed E-state index contributed by atoms with van der Waals surface area (Å²) in [7, 11) is 0. The van der Waals surface area contributed by atoms with Gasteiger partial charge in [-0.3, -0.25) is 0 Å². The molecular formula is C52H37N3. The second kappa shape index (κ2) is 13.4. The molecule has 3 nitrogen and oxygen atoms in total. The van der Waals surface area contributed by atoms with E-state index in [9.17, 15) is 0 Å². The molecule has 55 heavy (non-hydrogen) atoms. The molecule has 0 aliphatic heterocycles. The van der Waals surface area contributed by atoms with Gasteiger partial charge in [0.15, 0.2) is 5.82 Å². The molecule has 260 valence electrons. The van der Waals surface area contributed by atoms with Gasteiger partial charge in [0, 0.05) is 33.2 Å². The molecule has 0 atom stereocenters. The lowest BCUT2D eigenvalue weighted by molar-refractivity contribution is 1.18. The summed E-state index contributed by atoms with van der Waals surface area (Å²) in [5.41, 5.74) is 15.7. The second-order valence-electron chi connectivity index (χ2n) is 14.4. The van der Waals surface area contributed by atoms with Crippen LogP contribution in [0.1, 0.15) is 11.1 Å². The monoisotopic (exact) mass is 703 g/mol. The minimum Gasteiger partial charge on any atom is -0.309 e. The van der Waals surface area contributed by atoms with E-state index >= 15 is 0 Å². The van der Waals surface area contributed by atoms with Crippen LogP contribution in [-0.2, 0) is 0 Å². The minimum atomic E-state index is 0.706. The van der Waals surface area contributed by atoms with Gasteiger partial charge in [-0.05, 0) is 95.4 Å². The molecule has 0 unspecified atom stereocenters. The Bertz CT molecular complexity index is 2970. The Labute approximate surface area is 320 Å². The Morgan fingerprint density at radius 3 is 1.56 bits per heavy atom. The Kier molecular flexibility index (Phi) is 7.92. The standard InChI is InChI=1S/C52H37N3/c1-34-20-28-50-46(30-34)47-31-35(2)21-29-51(47)55(50)41-24-22-37(23-25-41)42-26-27-45(44-19-10-9-18-43(42)44)49-33-48(53-52(54-49)38-14-7-4-8-15-38)40-17-11-16-39(32-40)36-12-5-3-6-13-36/h3-33H,1-2H3. The molecule has 0 fully saturated rings. The van der Waals surface area contributed by atoms with Crippen molar-refractivity contribution in [2.45, 2.75) is 13.8 Å². The highest BCUT2D eigenvalue weighted by atomic mass is 15.0. The molecule has 0 saturated carbocycles. The maximum atomic E-state index is 5.22. The summed E-state index contributed by atoms with van der Waals surface area (Å²) in [6.45, 7) is 4.33. The van der Waals surface area contributed by atoms with Crippen molar-refractivity contribution in [2.24, 2.45) is 0 Å². The normalized spacial score (nSPS) is 11.5. The lowest BCUT2D eigenvalue weighted by Gasteiger charge is -2.15. The topological polar surface area (TPSA) is 30.7 Å². The van der Waals surface area contributed by atoms with Crippen LogP contribution in [0.4, 0.5) is 0 Å². The molecule has 0 aliphatic rings. The zero-order valence-electron chi connectivity index (χ0n) is 30.7. The van der Waals surface area contributed by atoms with Gasteiger partial charge in [-0.2, -0.15) is 0 Å². The minimum absolute atomic E-state index is 0.706. The SMILES string of the molecule is Cc1ccc2c(c1)c1cc(C)ccc1n2-c1ccc(-c2ccc(-c3cc(-c4cccc(-c5ccccc5)c4)nc(-c4ccccc4)n3)c3ccccc23)cc1. The van der Waals surface area contributed by atoms with Gasteiger partial charge in [-0.15, -0.1) is 0 Å². The Hall–Kier alpha value is -7.10. The third-order valence-electron chi connectivity index (χ3n) is 10.7. The van der Waals surface area contributed by atoms with E-state index in [1.807, 2.05) is 18.2 Å². The van der Waals surface area contributed by atoms with Crippen molar-refractivity contribution in [3.63, 3.8) is 0 Å². The van der Waals surface area contributed by atoms with E-state index in [0.29, 0.717) is 5.82 Å². The molecule has 0 saturated heterocycles. The van der Waals surface area contributed by atoms with Crippen molar-refractivity contribution in [1.82, 2.24) is 14.5 Å². The zero-order valence-corrected chi connectivity index (χ0v) is 30.7. The Morgan fingerprint density at radius 1 is 0.345 bits per heavy atom. The number of fused-ring (bicyclic) bond motifs is 4. The largest absolute Gasteiger partial charge is 0.309 e. The highest BCUT2D eigenvalue weighted by molar-refractivity contribution is 6.10. The predicted molar refractivity (Wildman–Crippen MR) is 231 cm³/mol. The van der Waals surface area contributed by atoms with E-state index < -0.39 is 0 Å². The van der Waals surface area contributed by atoms with Crippen LogP contribution in [-0.4, -0.2) is 14.5 Å². The Balaban J connectivity index is 1.09. The fourth-order valence-electron chi connectivity index (χ4n) is 8.03. The van der Waals surface area contributed by atoms with E-state index in [4.69, 9.17) is 9.97 Å². The van der Waals surface area contributed by atoms with E-state index in [2.05, 4.69) is 188 Å². The third kappa shape index (κ3) is 5.87.